The highest BCUT2D eigenvalue weighted by molar-refractivity contribution is 6.02. The fourth-order valence-electron chi connectivity index (χ4n) is 4.36. The number of benzene rings is 3. The van der Waals surface area contributed by atoms with Crippen LogP contribution in [0.1, 0.15) is 47.2 Å². The summed E-state index contributed by atoms with van der Waals surface area (Å²) >= 11 is 0. The molecule has 0 spiro atoms. The lowest BCUT2D eigenvalue weighted by atomic mass is 9.98. The van der Waals surface area contributed by atoms with Gasteiger partial charge in [0.25, 0.3) is 5.91 Å². The fraction of sp³-hybridized carbons (Fsp3) is 0.250. The molecule has 0 saturated carbocycles. The average molecular weight is 473 g/mol. The van der Waals surface area contributed by atoms with Crippen molar-refractivity contribution in [3.63, 3.8) is 0 Å². The van der Waals surface area contributed by atoms with E-state index in [1.165, 1.54) is 0 Å². The molecule has 0 fully saturated rings. The topological polar surface area (TPSA) is 105 Å². The van der Waals surface area contributed by atoms with Crippen LogP contribution in [-0.2, 0) is 9.53 Å². The highest BCUT2D eigenvalue weighted by Crippen LogP contribution is 2.44. The number of hydrogen-bond donors (Lipinski definition) is 3. The lowest BCUT2D eigenvalue weighted by Crippen LogP contribution is -2.27. The van der Waals surface area contributed by atoms with Gasteiger partial charge >= 0.3 is 12.1 Å². The zero-order chi connectivity index (χ0) is 24.8. The third-order valence-electron chi connectivity index (χ3n) is 6.27. The Morgan fingerprint density at radius 1 is 0.914 bits per heavy atom. The molecule has 0 aliphatic heterocycles. The molecule has 7 heteroatoms. The first-order valence-corrected chi connectivity index (χ1v) is 11.7. The molecular weight excluding hydrogens is 444 g/mol. The molecule has 1 aliphatic rings. The summed E-state index contributed by atoms with van der Waals surface area (Å²) in [5.74, 6) is -1.72. The van der Waals surface area contributed by atoms with E-state index in [9.17, 15) is 14.4 Å². The Morgan fingerprint density at radius 2 is 1.51 bits per heavy atom. The van der Waals surface area contributed by atoms with E-state index < -0.39 is 18.0 Å². The molecule has 3 aromatic carbocycles. The molecule has 0 heterocycles. The second kappa shape index (κ2) is 10.9. The molecule has 1 atom stereocenters. The summed E-state index contributed by atoms with van der Waals surface area (Å²) in [6.07, 6.45) is 0.374. The number of ether oxygens (including phenoxy) is 1. The minimum Gasteiger partial charge on any atom is -0.481 e. The summed E-state index contributed by atoms with van der Waals surface area (Å²) in [6.45, 7) is 2.16. The minimum atomic E-state index is -0.853. The first kappa shape index (κ1) is 24.0. The van der Waals surface area contributed by atoms with Gasteiger partial charge in [-0.05, 0) is 47.2 Å². The Hall–Kier alpha value is -4.13. The van der Waals surface area contributed by atoms with Crippen molar-refractivity contribution < 1.29 is 24.2 Å². The molecule has 0 bridgehead atoms. The number of rotatable bonds is 9. The third-order valence-corrected chi connectivity index (χ3v) is 6.27. The summed E-state index contributed by atoms with van der Waals surface area (Å²) in [5, 5.41) is 14.4. The third kappa shape index (κ3) is 5.51. The zero-order valence-electron chi connectivity index (χ0n) is 19.5. The van der Waals surface area contributed by atoms with Crippen molar-refractivity contribution in [2.75, 3.05) is 18.5 Å². The maximum Gasteiger partial charge on any atom is 0.411 e. The summed E-state index contributed by atoms with van der Waals surface area (Å²) < 4.78 is 5.59. The molecule has 35 heavy (non-hydrogen) atoms. The zero-order valence-corrected chi connectivity index (χ0v) is 19.5. The smallest absolute Gasteiger partial charge is 0.411 e. The largest absolute Gasteiger partial charge is 0.481 e. The normalized spacial score (nSPS) is 12.8. The van der Waals surface area contributed by atoms with Crippen LogP contribution in [0.2, 0.25) is 0 Å². The average Bonchev–Trinajstić information content (AvgIpc) is 3.19. The van der Waals surface area contributed by atoms with E-state index in [1.54, 1.807) is 31.2 Å². The van der Waals surface area contributed by atoms with Crippen molar-refractivity contribution in [2.45, 2.75) is 25.7 Å². The first-order chi connectivity index (χ1) is 17.0. The van der Waals surface area contributed by atoms with E-state index in [2.05, 4.69) is 34.9 Å². The molecule has 0 radical (unpaired) electrons. The van der Waals surface area contributed by atoms with Crippen molar-refractivity contribution in [2.24, 2.45) is 5.92 Å². The molecule has 3 N–H and O–H groups in total. The molecule has 2 amide bonds. The van der Waals surface area contributed by atoms with Crippen LogP contribution in [0, 0.1) is 5.92 Å². The number of carboxylic acid groups (broad SMARTS) is 1. The lowest BCUT2D eigenvalue weighted by molar-refractivity contribution is -0.141. The van der Waals surface area contributed by atoms with E-state index in [0.29, 0.717) is 30.6 Å². The summed E-state index contributed by atoms with van der Waals surface area (Å²) in [5.41, 5.74) is 5.21. The SMILES string of the molecule is CC(CCCNC(=O)c1ccccc1NC(=O)OCC1c2ccccc2-c2ccccc21)C(=O)O. The number of anilines is 1. The number of nitrogens with one attached hydrogen (secondary N) is 2. The number of carboxylic acids is 1. The molecule has 1 unspecified atom stereocenters. The van der Waals surface area contributed by atoms with E-state index >= 15 is 0 Å². The van der Waals surface area contributed by atoms with Crippen LogP contribution < -0.4 is 10.6 Å². The summed E-state index contributed by atoms with van der Waals surface area (Å²) in [6, 6.07) is 22.9. The van der Waals surface area contributed by atoms with Gasteiger partial charge < -0.3 is 15.2 Å². The quantitative estimate of drug-likeness (QED) is 0.368. The maximum absolute atomic E-state index is 12.6. The summed E-state index contributed by atoms with van der Waals surface area (Å²) in [4.78, 5) is 36.2. The van der Waals surface area contributed by atoms with E-state index in [4.69, 9.17) is 9.84 Å². The molecule has 0 saturated heterocycles. The number of hydrogen-bond acceptors (Lipinski definition) is 4. The van der Waals surface area contributed by atoms with Crippen molar-refractivity contribution in [3.8, 4) is 11.1 Å². The summed E-state index contributed by atoms with van der Waals surface area (Å²) in [7, 11) is 0. The van der Waals surface area contributed by atoms with Gasteiger partial charge in [-0.1, -0.05) is 67.6 Å². The van der Waals surface area contributed by atoms with Crippen LogP contribution in [-0.4, -0.2) is 36.2 Å². The van der Waals surface area contributed by atoms with Gasteiger partial charge in [-0.15, -0.1) is 0 Å². The Balaban J connectivity index is 1.36. The number of para-hydroxylation sites is 1. The van der Waals surface area contributed by atoms with Gasteiger partial charge in [-0.25, -0.2) is 4.79 Å². The number of amides is 2. The predicted molar refractivity (Wildman–Crippen MR) is 134 cm³/mol. The van der Waals surface area contributed by atoms with Crippen molar-refractivity contribution >= 4 is 23.7 Å². The molecule has 1 aliphatic carbocycles. The highest BCUT2D eigenvalue weighted by atomic mass is 16.5. The Bertz CT molecular complexity index is 1190. The molecule has 0 aromatic heterocycles. The van der Waals surface area contributed by atoms with E-state index in [0.717, 1.165) is 22.3 Å². The van der Waals surface area contributed by atoms with Crippen LogP contribution in [0.5, 0.6) is 0 Å². The van der Waals surface area contributed by atoms with Gasteiger partial charge in [0, 0.05) is 12.5 Å². The van der Waals surface area contributed by atoms with Gasteiger partial charge in [-0.3, -0.25) is 14.9 Å². The Kier molecular flexibility index (Phi) is 7.45. The van der Waals surface area contributed by atoms with Crippen LogP contribution in [0.25, 0.3) is 11.1 Å². The van der Waals surface area contributed by atoms with Gasteiger partial charge in [0.05, 0.1) is 17.2 Å². The standard InChI is InChI=1S/C28H28N2O5/c1-18(27(32)33)9-8-16-29-26(31)23-14-6-7-15-25(23)30-28(34)35-17-24-21-12-4-2-10-19(21)20-11-3-5-13-22(20)24/h2-7,10-15,18,24H,8-9,16-17H2,1H3,(H,29,31)(H,30,34)(H,32,33). The maximum atomic E-state index is 12.6. The fourth-order valence-corrected chi connectivity index (χ4v) is 4.36. The molecule has 4 rings (SSSR count). The number of carbonyl (C=O) groups excluding carboxylic acids is 2. The van der Waals surface area contributed by atoms with Gasteiger partial charge in [0.15, 0.2) is 0 Å². The number of carbonyl (C=O) groups is 3. The highest BCUT2D eigenvalue weighted by Gasteiger charge is 2.29. The number of fused-ring (bicyclic) bond motifs is 3. The minimum absolute atomic E-state index is 0.0557. The van der Waals surface area contributed by atoms with Crippen LogP contribution in [0.4, 0.5) is 10.5 Å². The van der Waals surface area contributed by atoms with Gasteiger partial charge in [0.1, 0.15) is 6.61 Å². The molecular formula is C28H28N2O5. The first-order valence-electron chi connectivity index (χ1n) is 11.7. The van der Waals surface area contributed by atoms with Crippen LogP contribution in [0.3, 0.4) is 0 Å². The molecule has 7 nitrogen and oxygen atoms in total. The molecule has 3 aromatic rings. The van der Waals surface area contributed by atoms with Crippen molar-refractivity contribution in [1.82, 2.24) is 5.32 Å². The van der Waals surface area contributed by atoms with Crippen molar-refractivity contribution in [1.29, 1.82) is 0 Å². The van der Waals surface area contributed by atoms with Crippen LogP contribution in [0.15, 0.2) is 72.8 Å². The Labute approximate surface area is 204 Å². The van der Waals surface area contributed by atoms with Gasteiger partial charge in [-0.2, -0.15) is 0 Å². The number of aliphatic carboxylic acids is 1. The Morgan fingerprint density at radius 3 is 2.17 bits per heavy atom. The molecule has 180 valence electrons. The van der Waals surface area contributed by atoms with E-state index in [1.807, 2.05) is 24.3 Å². The van der Waals surface area contributed by atoms with Crippen LogP contribution >= 0.6 is 0 Å². The second-order valence-corrected chi connectivity index (χ2v) is 8.63. The van der Waals surface area contributed by atoms with E-state index in [-0.39, 0.29) is 18.4 Å². The second-order valence-electron chi connectivity index (χ2n) is 8.63. The van der Waals surface area contributed by atoms with Crippen molar-refractivity contribution in [3.05, 3.63) is 89.5 Å². The van der Waals surface area contributed by atoms with Gasteiger partial charge in [0.2, 0.25) is 0 Å². The predicted octanol–water partition coefficient (Wildman–Crippen LogP) is 5.28. The monoisotopic (exact) mass is 472 g/mol. The lowest BCUT2D eigenvalue weighted by Gasteiger charge is -2.16.